The molecule has 0 saturated heterocycles. The van der Waals surface area contributed by atoms with Crippen molar-refractivity contribution in [3.63, 3.8) is 0 Å². The van der Waals surface area contributed by atoms with Crippen LogP contribution in [-0.4, -0.2) is 17.5 Å². The van der Waals surface area contributed by atoms with E-state index in [-0.39, 0.29) is 23.7 Å². The Morgan fingerprint density at radius 2 is 1.64 bits per heavy atom. The summed E-state index contributed by atoms with van der Waals surface area (Å²) in [6, 6.07) is 12.2. The lowest BCUT2D eigenvalue weighted by Gasteiger charge is -2.18. The van der Waals surface area contributed by atoms with E-state index in [1.807, 2.05) is 12.1 Å². The second-order valence-corrected chi connectivity index (χ2v) is 8.28. The zero-order valence-corrected chi connectivity index (χ0v) is 17.8. The van der Waals surface area contributed by atoms with Crippen molar-refractivity contribution in [1.82, 2.24) is 5.43 Å². The van der Waals surface area contributed by atoms with Crippen LogP contribution < -0.4 is 10.7 Å². The Labute approximate surface area is 175 Å². The number of hydrazone groups is 1. The molecule has 0 fully saturated rings. The summed E-state index contributed by atoms with van der Waals surface area (Å²) in [5, 5.41) is 7.47. The first kappa shape index (κ1) is 21.9. The van der Waals surface area contributed by atoms with Gasteiger partial charge in [-0.25, -0.2) is 5.43 Å². The quantitative estimate of drug-likeness (QED) is 0.501. The largest absolute Gasteiger partial charge is 0.326 e. The van der Waals surface area contributed by atoms with Gasteiger partial charge in [-0.1, -0.05) is 56.1 Å². The van der Waals surface area contributed by atoms with Gasteiger partial charge in [0.1, 0.15) is 0 Å². The highest BCUT2D eigenvalue weighted by Crippen LogP contribution is 2.25. The van der Waals surface area contributed by atoms with Gasteiger partial charge in [0.2, 0.25) is 5.91 Å². The smallest absolute Gasteiger partial charge is 0.271 e. The molecule has 0 spiro atoms. The first-order valence-electron chi connectivity index (χ1n) is 8.75. The van der Waals surface area contributed by atoms with E-state index in [0.29, 0.717) is 27.0 Å². The second-order valence-electron chi connectivity index (χ2n) is 7.47. The van der Waals surface area contributed by atoms with Gasteiger partial charge in [0.15, 0.2) is 0 Å². The SMILES string of the molecule is C/C(CC(=O)Nc1ccc(Cl)c(Cl)c1)=N\NC(=O)c1ccc(C(C)(C)C)cc1. The Morgan fingerprint density at radius 3 is 2.21 bits per heavy atom. The molecule has 0 atom stereocenters. The van der Waals surface area contributed by atoms with E-state index in [0.717, 1.165) is 5.56 Å². The van der Waals surface area contributed by atoms with Gasteiger partial charge in [0.05, 0.1) is 16.5 Å². The van der Waals surface area contributed by atoms with Gasteiger partial charge in [-0.2, -0.15) is 5.10 Å². The van der Waals surface area contributed by atoms with Crippen LogP contribution in [-0.2, 0) is 10.2 Å². The summed E-state index contributed by atoms with van der Waals surface area (Å²) in [6.07, 6.45) is 0.0312. The average molecular weight is 420 g/mol. The summed E-state index contributed by atoms with van der Waals surface area (Å²) < 4.78 is 0. The summed E-state index contributed by atoms with van der Waals surface area (Å²) in [7, 11) is 0. The zero-order chi connectivity index (χ0) is 20.9. The number of benzene rings is 2. The van der Waals surface area contributed by atoms with E-state index < -0.39 is 0 Å². The zero-order valence-electron chi connectivity index (χ0n) is 16.3. The van der Waals surface area contributed by atoms with Crippen molar-refractivity contribution < 1.29 is 9.59 Å². The highest BCUT2D eigenvalue weighted by molar-refractivity contribution is 6.42. The number of nitrogens with zero attached hydrogens (tertiary/aromatic N) is 1. The molecule has 2 rings (SSSR count). The van der Waals surface area contributed by atoms with Crippen LogP contribution in [0.3, 0.4) is 0 Å². The lowest BCUT2D eigenvalue weighted by molar-refractivity contribution is -0.115. The number of amides is 2. The number of anilines is 1. The maximum Gasteiger partial charge on any atom is 0.271 e. The number of rotatable bonds is 5. The maximum absolute atomic E-state index is 12.2. The molecule has 0 aromatic heterocycles. The minimum absolute atomic E-state index is 0.0193. The molecule has 0 aliphatic heterocycles. The number of hydrogen-bond donors (Lipinski definition) is 2. The Bertz CT molecular complexity index is 901. The molecule has 2 aromatic carbocycles. The normalized spacial score (nSPS) is 11.9. The van der Waals surface area contributed by atoms with Gasteiger partial charge in [-0.05, 0) is 48.2 Å². The van der Waals surface area contributed by atoms with E-state index in [2.05, 4.69) is 36.6 Å². The third-order valence-electron chi connectivity index (χ3n) is 3.98. The van der Waals surface area contributed by atoms with Gasteiger partial charge < -0.3 is 5.32 Å². The molecule has 2 amide bonds. The van der Waals surface area contributed by atoms with Crippen molar-refractivity contribution in [2.75, 3.05) is 5.32 Å². The molecule has 5 nitrogen and oxygen atoms in total. The maximum atomic E-state index is 12.2. The minimum atomic E-state index is -0.329. The standard InChI is InChI=1S/C21H23Cl2N3O2/c1-13(11-19(27)24-16-9-10-17(22)18(23)12-16)25-26-20(28)14-5-7-15(8-6-14)21(2,3)4/h5-10,12H,11H2,1-4H3,(H,24,27)(H,26,28)/b25-13+. The fourth-order valence-corrected chi connectivity index (χ4v) is 2.68. The lowest BCUT2D eigenvalue weighted by Crippen LogP contribution is -2.21. The first-order valence-corrected chi connectivity index (χ1v) is 9.51. The fourth-order valence-electron chi connectivity index (χ4n) is 2.38. The molecule has 2 N–H and O–H groups in total. The van der Waals surface area contributed by atoms with Crippen LogP contribution in [0, 0.1) is 0 Å². The Hall–Kier alpha value is -2.37. The summed E-state index contributed by atoms with van der Waals surface area (Å²) in [5.41, 5.74) is 5.15. The van der Waals surface area contributed by atoms with Crippen molar-refractivity contribution in [3.8, 4) is 0 Å². The van der Waals surface area contributed by atoms with E-state index >= 15 is 0 Å². The van der Waals surface area contributed by atoms with Gasteiger partial charge >= 0.3 is 0 Å². The number of halogens is 2. The Kier molecular flexibility index (Phi) is 7.22. The van der Waals surface area contributed by atoms with Crippen molar-refractivity contribution in [3.05, 3.63) is 63.6 Å². The summed E-state index contributed by atoms with van der Waals surface area (Å²) in [4.78, 5) is 24.3. The van der Waals surface area contributed by atoms with E-state index in [1.165, 1.54) is 0 Å². The van der Waals surface area contributed by atoms with Crippen LogP contribution in [0.25, 0.3) is 0 Å². The molecule has 2 aromatic rings. The van der Waals surface area contributed by atoms with Crippen LogP contribution in [0.1, 0.15) is 50.0 Å². The first-order chi connectivity index (χ1) is 13.1. The van der Waals surface area contributed by atoms with Crippen molar-refractivity contribution in [2.24, 2.45) is 5.10 Å². The molecule has 0 saturated carbocycles. The summed E-state index contributed by atoms with van der Waals surface area (Å²) >= 11 is 11.8. The molecule has 0 aliphatic carbocycles. The molecule has 0 aliphatic rings. The molecule has 0 heterocycles. The fraction of sp³-hybridized carbons (Fsp3) is 0.286. The predicted molar refractivity (Wildman–Crippen MR) is 115 cm³/mol. The monoisotopic (exact) mass is 419 g/mol. The lowest BCUT2D eigenvalue weighted by atomic mass is 9.87. The molecule has 0 unspecified atom stereocenters. The van der Waals surface area contributed by atoms with Crippen LogP contribution in [0.15, 0.2) is 47.6 Å². The molecule has 0 bridgehead atoms. The highest BCUT2D eigenvalue weighted by Gasteiger charge is 2.14. The highest BCUT2D eigenvalue weighted by atomic mass is 35.5. The number of carbonyl (C=O) groups excluding carboxylic acids is 2. The van der Waals surface area contributed by atoms with E-state index in [4.69, 9.17) is 23.2 Å². The number of hydrogen-bond acceptors (Lipinski definition) is 3. The number of carbonyl (C=O) groups is 2. The van der Waals surface area contributed by atoms with E-state index in [1.54, 1.807) is 37.3 Å². The van der Waals surface area contributed by atoms with Gasteiger partial charge in [0, 0.05) is 17.0 Å². The average Bonchev–Trinajstić information content (AvgIpc) is 2.62. The topological polar surface area (TPSA) is 70.6 Å². The molecular weight excluding hydrogens is 397 g/mol. The Morgan fingerprint density at radius 1 is 1.00 bits per heavy atom. The molecule has 0 radical (unpaired) electrons. The van der Waals surface area contributed by atoms with Crippen LogP contribution in [0.4, 0.5) is 5.69 Å². The molecular formula is C21H23Cl2N3O2. The summed E-state index contributed by atoms with van der Waals surface area (Å²) in [6.45, 7) is 7.99. The van der Waals surface area contributed by atoms with Crippen LogP contribution in [0.2, 0.25) is 10.0 Å². The minimum Gasteiger partial charge on any atom is -0.326 e. The predicted octanol–water partition coefficient (Wildman–Crippen LogP) is 5.43. The van der Waals surface area contributed by atoms with Crippen molar-refractivity contribution >= 4 is 46.4 Å². The van der Waals surface area contributed by atoms with Crippen LogP contribution in [0.5, 0.6) is 0 Å². The van der Waals surface area contributed by atoms with Gasteiger partial charge in [0.25, 0.3) is 5.91 Å². The Balaban J connectivity index is 1.91. The molecule has 28 heavy (non-hydrogen) atoms. The van der Waals surface area contributed by atoms with Crippen molar-refractivity contribution in [2.45, 2.75) is 39.5 Å². The summed E-state index contributed by atoms with van der Waals surface area (Å²) in [5.74, 6) is -0.604. The third-order valence-corrected chi connectivity index (χ3v) is 4.72. The van der Waals surface area contributed by atoms with Gasteiger partial charge in [-0.15, -0.1) is 0 Å². The van der Waals surface area contributed by atoms with Crippen LogP contribution >= 0.6 is 23.2 Å². The number of nitrogens with one attached hydrogen (secondary N) is 2. The third kappa shape index (κ3) is 6.36. The van der Waals surface area contributed by atoms with Gasteiger partial charge in [-0.3, -0.25) is 9.59 Å². The second kappa shape index (κ2) is 9.22. The van der Waals surface area contributed by atoms with Crippen molar-refractivity contribution in [1.29, 1.82) is 0 Å². The van der Waals surface area contributed by atoms with E-state index in [9.17, 15) is 9.59 Å². The molecule has 7 heteroatoms. The molecule has 148 valence electrons.